The summed E-state index contributed by atoms with van der Waals surface area (Å²) >= 11 is 0. The van der Waals surface area contributed by atoms with Gasteiger partial charge < -0.3 is 10.1 Å². The molecule has 5 nitrogen and oxygen atoms in total. The van der Waals surface area contributed by atoms with E-state index in [1.165, 1.54) is 6.07 Å². The molecule has 1 heterocycles. The van der Waals surface area contributed by atoms with E-state index in [2.05, 4.69) is 15.2 Å². The number of hydrogen-bond donors (Lipinski definition) is 1. The van der Waals surface area contributed by atoms with E-state index in [1.807, 2.05) is 13.0 Å². The minimum absolute atomic E-state index is 0.0516. The average molecular weight is 309 g/mol. The number of alkyl halides is 2. The smallest absolute Gasteiger partial charge is 0.387 e. The third-order valence-electron chi connectivity index (χ3n) is 3.10. The van der Waals surface area contributed by atoms with Crippen molar-refractivity contribution in [1.82, 2.24) is 9.78 Å². The van der Waals surface area contributed by atoms with Gasteiger partial charge in [0.25, 0.3) is 0 Å². The van der Waals surface area contributed by atoms with Crippen LogP contribution < -0.4 is 10.1 Å². The molecule has 0 spiro atoms. The lowest BCUT2D eigenvalue weighted by Gasteiger charge is -2.13. The van der Waals surface area contributed by atoms with Crippen LogP contribution in [0.3, 0.4) is 0 Å². The highest BCUT2D eigenvalue weighted by Crippen LogP contribution is 2.27. The van der Waals surface area contributed by atoms with Crippen molar-refractivity contribution < 1.29 is 18.3 Å². The molecule has 0 aliphatic heterocycles. The minimum atomic E-state index is -2.94. The van der Waals surface area contributed by atoms with Crippen LogP contribution in [0.1, 0.15) is 17.7 Å². The molecule has 0 saturated carbocycles. The van der Waals surface area contributed by atoms with E-state index in [4.69, 9.17) is 0 Å². The van der Waals surface area contributed by atoms with Crippen molar-refractivity contribution in [2.24, 2.45) is 0 Å². The first-order valence-electron chi connectivity index (χ1n) is 6.79. The summed E-state index contributed by atoms with van der Waals surface area (Å²) in [5.74, 6) is -0.344. The first-order chi connectivity index (χ1) is 10.5. The Kier molecular flexibility index (Phi) is 5.08. The number of hydrogen-bond acceptors (Lipinski definition) is 3. The van der Waals surface area contributed by atoms with Crippen LogP contribution in [0, 0.1) is 13.8 Å². The summed E-state index contributed by atoms with van der Waals surface area (Å²) in [6, 6.07) is 6.48. The molecule has 1 aromatic heterocycles. The Balaban J connectivity index is 2.01. The van der Waals surface area contributed by atoms with Gasteiger partial charge in [0.15, 0.2) is 0 Å². The van der Waals surface area contributed by atoms with Crippen molar-refractivity contribution in [3.63, 3.8) is 0 Å². The quantitative estimate of drug-likeness (QED) is 0.892. The van der Waals surface area contributed by atoms with E-state index in [0.717, 1.165) is 11.3 Å². The van der Waals surface area contributed by atoms with Gasteiger partial charge in [-0.15, -0.1) is 0 Å². The lowest BCUT2D eigenvalue weighted by atomic mass is 10.2. The summed E-state index contributed by atoms with van der Waals surface area (Å²) < 4.78 is 30.8. The van der Waals surface area contributed by atoms with Crippen LogP contribution in [-0.4, -0.2) is 22.3 Å². The molecular formula is C15H17F2N3O2. The number of ether oxygens (including phenoxy) is 1. The maximum Gasteiger partial charge on any atom is 0.387 e. The number of nitrogens with one attached hydrogen (secondary N) is 1. The molecule has 0 aliphatic carbocycles. The van der Waals surface area contributed by atoms with Gasteiger partial charge in [0.05, 0.1) is 5.69 Å². The lowest BCUT2D eigenvalue weighted by molar-refractivity contribution is -0.116. The highest BCUT2D eigenvalue weighted by molar-refractivity contribution is 5.92. The molecule has 0 unspecified atom stereocenters. The van der Waals surface area contributed by atoms with Gasteiger partial charge in [-0.1, -0.05) is 6.07 Å². The number of rotatable bonds is 6. The molecule has 1 aromatic carbocycles. The average Bonchev–Trinajstić information content (AvgIpc) is 2.84. The van der Waals surface area contributed by atoms with Gasteiger partial charge in [0.2, 0.25) is 5.91 Å². The number of benzene rings is 1. The van der Waals surface area contributed by atoms with E-state index >= 15 is 0 Å². The predicted octanol–water partition coefficient (Wildman–Crippen LogP) is 3.13. The van der Waals surface area contributed by atoms with Crippen LogP contribution in [-0.2, 0) is 11.3 Å². The van der Waals surface area contributed by atoms with Gasteiger partial charge in [-0.2, -0.15) is 13.9 Å². The zero-order valence-corrected chi connectivity index (χ0v) is 12.3. The Morgan fingerprint density at radius 2 is 2.14 bits per heavy atom. The fourth-order valence-electron chi connectivity index (χ4n) is 1.99. The molecule has 2 aromatic rings. The van der Waals surface area contributed by atoms with E-state index in [-0.39, 0.29) is 23.8 Å². The number of aromatic nitrogens is 2. The highest BCUT2D eigenvalue weighted by atomic mass is 19.3. The molecule has 0 atom stereocenters. The summed E-state index contributed by atoms with van der Waals surface area (Å²) in [7, 11) is 0. The molecule has 0 saturated heterocycles. The van der Waals surface area contributed by atoms with Crippen molar-refractivity contribution in [3.8, 4) is 5.75 Å². The van der Waals surface area contributed by atoms with Gasteiger partial charge in [0.1, 0.15) is 5.75 Å². The van der Waals surface area contributed by atoms with Gasteiger partial charge in [0, 0.05) is 24.9 Å². The zero-order valence-electron chi connectivity index (χ0n) is 12.3. The van der Waals surface area contributed by atoms with Crippen molar-refractivity contribution in [2.45, 2.75) is 33.4 Å². The molecule has 118 valence electrons. The Hall–Kier alpha value is -2.44. The van der Waals surface area contributed by atoms with Gasteiger partial charge in [-0.05, 0) is 37.6 Å². The maximum absolute atomic E-state index is 12.4. The second-order valence-electron chi connectivity index (χ2n) is 4.87. The monoisotopic (exact) mass is 309 g/mol. The molecule has 22 heavy (non-hydrogen) atoms. The molecule has 0 aliphatic rings. The van der Waals surface area contributed by atoms with Crippen molar-refractivity contribution >= 4 is 11.6 Å². The summed E-state index contributed by atoms with van der Waals surface area (Å²) in [6.07, 6.45) is 1.84. The van der Waals surface area contributed by atoms with Gasteiger partial charge >= 0.3 is 6.61 Å². The molecule has 1 N–H and O–H groups in total. The lowest BCUT2D eigenvalue weighted by Crippen LogP contribution is -2.16. The van der Waals surface area contributed by atoms with Gasteiger partial charge in [-0.25, -0.2) is 0 Å². The number of amides is 1. The third kappa shape index (κ3) is 4.28. The second-order valence-corrected chi connectivity index (χ2v) is 4.87. The van der Waals surface area contributed by atoms with Crippen molar-refractivity contribution in [3.05, 3.63) is 41.7 Å². The SMILES string of the molecule is Cc1ccc(OC(F)F)c(NC(=O)CCn2nccc2C)c1. The van der Waals surface area contributed by atoms with Crippen molar-refractivity contribution in [1.29, 1.82) is 0 Å². The highest BCUT2D eigenvalue weighted by Gasteiger charge is 2.12. The first-order valence-corrected chi connectivity index (χ1v) is 6.79. The maximum atomic E-state index is 12.4. The normalized spacial score (nSPS) is 10.8. The number of carbonyl (C=O) groups is 1. The van der Waals surface area contributed by atoms with E-state index < -0.39 is 6.61 Å². The molecule has 0 bridgehead atoms. The first kappa shape index (κ1) is 15.9. The molecule has 0 radical (unpaired) electrons. The second kappa shape index (κ2) is 7.02. The summed E-state index contributed by atoms with van der Waals surface area (Å²) in [5.41, 5.74) is 2.02. The summed E-state index contributed by atoms with van der Waals surface area (Å²) in [5, 5.41) is 6.68. The van der Waals surface area contributed by atoms with Crippen LogP contribution in [0.5, 0.6) is 5.75 Å². The van der Waals surface area contributed by atoms with E-state index in [1.54, 1.807) is 29.9 Å². The largest absolute Gasteiger partial charge is 0.433 e. The number of carbonyl (C=O) groups excluding carboxylic acids is 1. The fourth-order valence-corrected chi connectivity index (χ4v) is 1.99. The Morgan fingerprint density at radius 1 is 1.36 bits per heavy atom. The zero-order chi connectivity index (χ0) is 16.1. The third-order valence-corrected chi connectivity index (χ3v) is 3.10. The van der Waals surface area contributed by atoms with E-state index in [9.17, 15) is 13.6 Å². The van der Waals surface area contributed by atoms with Crippen LogP contribution >= 0.6 is 0 Å². The number of halogens is 2. The Bertz CT molecular complexity index is 656. The molecular weight excluding hydrogens is 292 g/mol. The fraction of sp³-hybridized carbons (Fsp3) is 0.333. The predicted molar refractivity (Wildman–Crippen MR) is 78.0 cm³/mol. The minimum Gasteiger partial charge on any atom is -0.433 e. The Morgan fingerprint density at radius 3 is 2.77 bits per heavy atom. The van der Waals surface area contributed by atoms with Gasteiger partial charge in [-0.3, -0.25) is 9.48 Å². The molecule has 1 amide bonds. The summed E-state index contributed by atoms with van der Waals surface area (Å²) in [6.45, 7) is 1.17. The van der Waals surface area contributed by atoms with Crippen LogP contribution in [0.4, 0.5) is 14.5 Å². The van der Waals surface area contributed by atoms with E-state index in [0.29, 0.717) is 6.54 Å². The standard InChI is InChI=1S/C15H17F2N3O2/c1-10-3-4-13(22-15(16)17)12(9-10)19-14(21)6-8-20-11(2)5-7-18-20/h3-5,7,9,15H,6,8H2,1-2H3,(H,19,21). The van der Waals surface area contributed by atoms with Crippen molar-refractivity contribution in [2.75, 3.05) is 5.32 Å². The number of nitrogens with zero attached hydrogens (tertiary/aromatic N) is 2. The molecule has 7 heteroatoms. The molecule has 2 rings (SSSR count). The number of anilines is 1. The van der Waals surface area contributed by atoms with Crippen LogP contribution in [0.2, 0.25) is 0 Å². The van der Waals surface area contributed by atoms with Crippen LogP contribution in [0.25, 0.3) is 0 Å². The summed E-state index contributed by atoms with van der Waals surface area (Å²) in [4.78, 5) is 12.0. The topological polar surface area (TPSA) is 56.1 Å². The number of aryl methyl sites for hydroxylation is 3. The molecule has 0 fully saturated rings. The Labute approximate surface area is 126 Å². The van der Waals surface area contributed by atoms with Crippen LogP contribution in [0.15, 0.2) is 30.5 Å².